The molecule has 4 nitrogen and oxygen atoms in total. The predicted octanol–water partition coefficient (Wildman–Crippen LogP) is 2.04. The number of rotatable bonds is 5. The molecule has 0 fully saturated rings. The highest BCUT2D eigenvalue weighted by Crippen LogP contribution is 2.11. The van der Waals surface area contributed by atoms with Crippen molar-refractivity contribution in [3.8, 4) is 0 Å². The molecular weight excluding hydrogens is 236 g/mol. The minimum atomic E-state index is 0.0695. The average Bonchev–Trinajstić information content (AvgIpc) is 2.46. The molecule has 0 aliphatic carbocycles. The molecule has 0 aliphatic heterocycles. The molecule has 0 amide bonds. The van der Waals surface area contributed by atoms with Crippen LogP contribution in [0, 0.1) is 5.41 Å². The van der Waals surface area contributed by atoms with Gasteiger partial charge in [-0.1, -0.05) is 30.3 Å². The van der Waals surface area contributed by atoms with Gasteiger partial charge in [0.1, 0.15) is 11.7 Å². The number of nitrogens with zero attached hydrogens (tertiary/aromatic N) is 2. The molecule has 2 rings (SSSR count). The summed E-state index contributed by atoms with van der Waals surface area (Å²) < 4.78 is 0. The lowest BCUT2D eigenvalue weighted by atomic mass is 10.1. The smallest absolute Gasteiger partial charge is 0.128 e. The molecular formula is C15H18N4. The summed E-state index contributed by atoms with van der Waals surface area (Å²) in [6.07, 6.45) is 2.65. The Labute approximate surface area is 113 Å². The molecule has 0 saturated carbocycles. The lowest BCUT2D eigenvalue weighted by molar-refractivity contribution is 0.859. The van der Waals surface area contributed by atoms with Crippen LogP contribution < -0.4 is 10.6 Å². The molecule has 0 atom stereocenters. The fourth-order valence-electron chi connectivity index (χ4n) is 1.85. The number of aromatic nitrogens is 1. The van der Waals surface area contributed by atoms with Crippen molar-refractivity contribution in [2.45, 2.75) is 6.42 Å². The first-order valence-corrected chi connectivity index (χ1v) is 6.22. The van der Waals surface area contributed by atoms with Crippen molar-refractivity contribution < 1.29 is 0 Å². The Hall–Kier alpha value is -2.36. The van der Waals surface area contributed by atoms with E-state index in [1.165, 1.54) is 5.56 Å². The van der Waals surface area contributed by atoms with Crippen LogP contribution in [0.5, 0.6) is 0 Å². The van der Waals surface area contributed by atoms with Gasteiger partial charge in [0.2, 0.25) is 0 Å². The number of nitrogens with one attached hydrogen (secondary N) is 1. The molecule has 4 heteroatoms. The largest absolute Gasteiger partial charge is 0.384 e. The fraction of sp³-hybridized carbons (Fsp3) is 0.200. The third-order valence-electron chi connectivity index (χ3n) is 3.03. The molecule has 0 bridgehead atoms. The summed E-state index contributed by atoms with van der Waals surface area (Å²) in [4.78, 5) is 6.38. The van der Waals surface area contributed by atoms with Gasteiger partial charge in [-0.3, -0.25) is 5.41 Å². The predicted molar refractivity (Wildman–Crippen MR) is 78.7 cm³/mol. The van der Waals surface area contributed by atoms with E-state index in [2.05, 4.69) is 22.0 Å². The summed E-state index contributed by atoms with van der Waals surface area (Å²) in [7, 11) is 2.00. The van der Waals surface area contributed by atoms with Crippen LogP contribution in [0.4, 0.5) is 5.82 Å². The minimum Gasteiger partial charge on any atom is -0.384 e. The number of nitrogen functional groups attached to an aromatic ring is 1. The summed E-state index contributed by atoms with van der Waals surface area (Å²) in [6.45, 7) is 0.873. The number of benzene rings is 1. The Kier molecular flexibility index (Phi) is 4.13. The van der Waals surface area contributed by atoms with Crippen LogP contribution in [0.1, 0.15) is 11.1 Å². The number of nitrogens with two attached hydrogens (primary N) is 1. The number of likely N-dealkylation sites (N-methyl/N-ethyl adjacent to an activating group) is 1. The van der Waals surface area contributed by atoms with Gasteiger partial charge in [0.15, 0.2) is 0 Å². The zero-order valence-corrected chi connectivity index (χ0v) is 11.0. The summed E-state index contributed by atoms with van der Waals surface area (Å²) >= 11 is 0. The second-order valence-corrected chi connectivity index (χ2v) is 4.47. The molecule has 19 heavy (non-hydrogen) atoms. The monoisotopic (exact) mass is 254 g/mol. The highest BCUT2D eigenvalue weighted by Gasteiger charge is 2.05. The van der Waals surface area contributed by atoms with Gasteiger partial charge in [-0.15, -0.1) is 0 Å². The molecule has 0 aliphatic rings. The van der Waals surface area contributed by atoms with Crippen LogP contribution in [0.25, 0.3) is 0 Å². The van der Waals surface area contributed by atoms with E-state index in [1.807, 2.05) is 31.3 Å². The van der Waals surface area contributed by atoms with Crippen molar-refractivity contribution in [2.75, 3.05) is 18.5 Å². The number of hydrogen-bond acceptors (Lipinski definition) is 3. The average molecular weight is 254 g/mol. The van der Waals surface area contributed by atoms with Crippen LogP contribution in [0.2, 0.25) is 0 Å². The number of anilines is 1. The lowest BCUT2D eigenvalue weighted by Gasteiger charge is -2.18. The number of hydrogen-bond donors (Lipinski definition) is 2. The van der Waals surface area contributed by atoms with E-state index in [4.69, 9.17) is 11.1 Å². The summed E-state index contributed by atoms with van der Waals surface area (Å²) in [6, 6.07) is 13.9. The molecule has 1 aromatic carbocycles. The van der Waals surface area contributed by atoms with Crippen LogP contribution in [-0.4, -0.2) is 24.4 Å². The third-order valence-corrected chi connectivity index (χ3v) is 3.03. The van der Waals surface area contributed by atoms with Crippen LogP contribution in [0.15, 0.2) is 48.7 Å². The molecule has 0 spiro atoms. The molecule has 3 N–H and O–H groups in total. The minimum absolute atomic E-state index is 0.0695. The van der Waals surface area contributed by atoms with Gasteiger partial charge in [-0.25, -0.2) is 4.98 Å². The second kappa shape index (κ2) is 6.00. The maximum absolute atomic E-state index is 7.44. The van der Waals surface area contributed by atoms with Gasteiger partial charge in [0.25, 0.3) is 0 Å². The van der Waals surface area contributed by atoms with Gasteiger partial charge in [0, 0.05) is 25.4 Å². The van der Waals surface area contributed by atoms with Crippen molar-refractivity contribution in [1.82, 2.24) is 4.98 Å². The normalized spacial score (nSPS) is 10.2. The summed E-state index contributed by atoms with van der Waals surface area (Å²) in [5.41, 5.74) is 7.49. The third kappa shape index (κ3) is 3.55. The first-order chi connectivity index (χ1) is 9.16. The maximum Gasteiger partial charge on any atom is 0.128 e. The Morgan fingerprint density at radius 3 is 2.68 bits per heavy atom. The van der Waals surface area contributed by atoms with E-state index >= 15 is 0 Å². The standard InChI is InChI=1S/C15H18N4/c1-19(10-8-12-5-3-2-4-6-12)14-11-13(15(16)17)7-9-18-14/h2-7,9,11H,8,10H2,1H3,(H3,16,17). The first-order valence-electron chi connectivity index (χ1n) is 6.22. The maximum atomic E-state index is 7.44. The second-order valence-electron chi connectivity index (χ2n) is 4.47. The van der Waals surface area contributed by atoms with Crippen LogP contribution in [0.3, 0.4) is 0 Å². The Morgan fingerprint density at radius 2 is 2.00 bits per heavy atom. The van der Waals surface area contributed by atoms with Crippen LogP contribution in [-0.2, 0) is 6.42 Å². The Bertz CT molecular complexity index is 551. The van der Waals surface area contributed by atoms with E-state index in [0.717, 1.165) is 18.8 Å². The topological polar surface area (TPSA) is 66.0 Å². The quantitative estimate of drug-likeness (QED) is 0.634. The highest BCUT2D eigenvalue weighted by atomic mass is 15.2. The molecule has 1 aromatic heterocycles. The highest BCUT2D eigenvalue weighted by molar-refractivity contribution is 5.95. The zero-order valence-electron chi connectivity index (χ0n) is 11.0. The molecule has 0 unspecified atom stereocenters. The van der Waals surface area contributed by atoms with Crippen molar-refractivity contribution in [1.29, 1.82) is 5.41 Å². The summed E-state index contributed by atoms with van der Waals surface area (Å²) in [5.74, 6) is 0.906. The summed E-state index contributed by atoms with van der Waals surface area (Å²) in [5, 5.41) is 7.44. The van der Waals surface area contributed by atoms with Gasteiger partial charge in [0.05, 0.1) is 0 Å². The van der Waals surface area contributed by atoms with Gasteiger partial charge in [-0.05, 0) is 24.1 Å². The Balaban J connectivity index is 2.02. The van der Waals surface area contributed by atoms with E-state index in [9.17, 15) is 0 Å². The van der Waals surface area contributed by atoms with Crippen molar-refractivity contribution in [2.24, 2.45) is 5.73 Å². The molecule has 1 heterocycles. The molecule has 0 radical (unpaired) electrons. The Morgan fingerprint density at radius 1 is 1.26 bits per heavy atom. The first kappa shape index (κ1) is 13.1. The van der Waals surface area contributed by atoms with Crippen molar-refractivity contribution >= 4 is 11.7 Å². The molecule has 0 saturated heterocycles. The van der Waals surface area contributed by atoms with Gasteiger partial charge >= 0.3 is 0 Å². The molecule has 2 aromatic rings. The van der Waals surface area contributed by atoms with Crippen molar-refractivity contribution in [3.05, 3.63) is 59.8 Å². The number of amidine groups is 1. The van der Waals surface area contributed by atoms with E-state index in [0.29, 0.717) is 5.56 Å². The lowest BCUT2D eigenvalue weighted by Crippen LogP contribution is -2.22. The van der Waals surface area contributed by atoms with E-state index in [1.54, 1.807) is 12.3 Å². The SMILES string of the molecule is CN(CCc1ccccc1)c1cc(C(=N)N)ccn1. The van der Waals surface area contributed by atoms with Crippen LogP contribution >= 0.6 is 0 Å². The van der Waals surface area contributed by atoms with E-state index in [-0.39, 0.29) is 5.84 Å². The van der Waals surface area contributed by atoms with Crippen molar-refractivity contribution in [3.63, 3.8) is 0 Å². The zero-order chi connectivity index (χ0) is 13.7. The fourth-order valence-corrected chi connectivity index (χ4v) is 1.85. The van der Waals surface area contributed by atoms with Gasteiger partial charge < -0.3 is 10.6 Å². The number of pyridine rings is 1. The van der Waals surface area contributed by atoms with Gasteiger partial charge in [-0.2, -0.15) is 0 Å². The van der Waals surface area contributed by atoms with E-state index < -0.39 is 0 Å². The molecule has 98 valence electrons.